The summed E-state index contributed by atoms with van der Waals surface area (Å²) in [5.41, 5.74) is 10.8. The number of nitrogens with zero attached hydrogens (tertiary/aromatic N) is 1. The van der Waals surface area contributed by atoms with E-state index in [4.69, 9.17) is 17.3 Å². The zero-order valence-corrected chi connectivity index (χ0v) is 14.3. The summed E-state index contributed by atoms with van der Waals surface area (Å²) < 4.78 is 1.01. The van der Waals surface area contributed by atoms with Gasteiger partial charge in [-0.2, -0.15) is 0 Å². The van der Waals surface area contributed by atoms with Crippen molar-refractivity contribution in [1.82, 2.24) is 4.90 Å². The summed E-state index contributed by atoms with van der Waals surface area (Å²) in [5, 5.41) is 0.809. The molecule has 0 radical (unpaired) electrons. The van der Waals surface area contributed by atoms with Crippen molar-refractivity contribution in [3.05, 3.63) is 62.6 Å². The Morgan fingerprint density at radius 1 is 1.29 bits per heavy atom. The van der Waals surface area contributed by atoms with Gasteiger partial charge in [-0.15, -0.1) is 0 Å². The standard InChI is InChI=1S/C17H18BrClN2/c1-11(14-6-5-13(18)9-16(14)19)21-8-7-12-3-2-4-17(20)15(12)10-21/h2-6,9,11H,7-8,10,20H2,1H3. The molecule has 3 rings (SSSR count). The van der Waals surface area contributed by atoms with E-state index in [1.807, 2.05) is 24.3 Å². The zero-order valence-electron chi connectivity index (χ0n) is 11.9. The van der Waals surface area contributed by atoms with Gasteiger partial charge >= 0.3 is 0 Å². The van der Waals surface area contributed by atoms with Gasteiger partial charge in [-0.05, 0) is 48.2 Å². The quantitative estimate of drug-likeness (QED) is 0.774. The van der Waals surface area contributed by atoms with Gasteiger partial charge in [0.25, 0.3) is 0 Å². The Labute approximate surface area is 139 Å². The van der Waals surface area contributed by atoms with Crippen molar-refractivity contribution in [2.45, 2.75) is 25.9 Å². The minimum Gasteiger partial charge on any atom is -0.398 e. The number of nitrogen functional groups attached to an aromatic ring is 1. The van der Waals surface area contributed by atoms with E-state index >= 15 is 0 Å². The molecule has 0 aliphatic carbocycles. The lowest BCUT2D eigenvalue weighted by Gasteiger charge is -2.35. The number of hydrogen-bond donors (Lipinski definition) is 1. The van der Waals surface area contributed by atoms with Crippen LogP contribution in [0.2, 0.25) is 5.02 Å². The van der Waals surface area contributed by atoms with E-state index in [1.165, 1.54) is 11.1 Å². The largest absolute Gasteiger partial charge is 0.398 e. The molecule has 0 saturated heterocycles. The number of rotatable bonds is 2. The number of halogens is 2. The molecule has 2 nitrogen and oxygen atoms in total. The molecule has 2 aromatic carbocycles. The van der Waals surface area contributed by atoms with Crippen LogP contribution in [0.3, 0.4) is 0 Å². The Bertz CT molecular complexity index is 672. The highest BCUT2D eigenvalue weighted by Gasteiger charge is 2.24. The van der Waals surface area contributed by atoms with Crippen LogP contribution >= 0.6 is 27.5 Å². The molecule has 0 fully saturated rings. The van der Waals surface area contributed by atoms with Crippen molar-refractivity contribution in [2.24, 2.45) is 0 Å². The second-order valence-corrected chi connectivity index (χ2v) is 6.87. The molecule has 0 amide bonds. The number of anilines is 1. The summed E-state index contributed by atoms with van der Waals surface area (Å²) in [4.78, 5) is 2.44. The van der Waals surface area contributed by atoms with Gasteiger partial charge in [-0.25, -0.2) is 0 Å². The molecular formula is C17H18BrClN2. The molecule has 0 spiro atoms. The first-order valence-corrected chi connectivity index (χ1v) is 8.28. The third-order valence-corrected chi connectivity index (χ3v) is 5.12. The van der Waals surface area contributed by atoms with E-state index in [0.29, 0.717) is 0 Å². The first-order valence-electron chi connectivity index (χ1n) is 7.11. The highest BCUT2D eigenvalue weighted by molar-refractivity contribution is 9.10. The summed E-state index contributed by atoms with van der Waals surface area (Å²) in [5.74, 6) is 0. The maximum Gasteiger partial charge on any atom is 0.0464 e. The Kier molecular flexibility index (Phi) is 4.25. The third kappa shape index (κ3) is 2.96. The first kappa shape index (κ1) is 14.9. The van der Waals surface area contributed by atoms with Crippen LogP contribution in [0, 0.1) is 0 Å². The molecule has 110 valence electrons. The van der Waals surface area contributed by atoms with E-state index in [0.717, 1.165) is 40.3 Å². The van der Waals surface area contributed by atoms with Crippen molar-refractivity contribution in [2.75, 3.05) is 12.3 Å². The maximum atomic E-state index is 6.39. The first-order chi connectivity index (χ1) is 10.1. The summed E-state index contributed by atoms with van der Waals surface area (Å²) in [6, 6.07) is 12.6. The average Bonchev–Trinajstić information content (AvgIpc) is 2.47. The van der Waals surface area contributed by atoms with Gasteiger partial charge < -0.3 is 5.73 Å². The molecule has 1 heterocycles. The number of fused-ring (bicyclic) bond motifs is 1. The van der Waals surface area contributed by atoms with Crippen LogP contribution < -0.4 is 5.73 Å². The molecular weight excluding hydrogens is 348 g/mol. The normalized spacial score (nSPS) is 16.5. The minimum absolute atomic E-state index is 0.276. The molecule has 4 heteroatoms. The summed E-state index contributed by atoms with van der Waals surface area (Å²) in [7, 11) is 0. The number of hydrogen-bond acceptors (Lipinski definition) is 2. The van der Waals surface area contributed by atoms with Gasteiger partial charge in [0, 0.05) is 34.3 Å². The van der Waals surface area contributed by atoms with Gasteiger partial charge in [0.2, 0.25) is 0 Å². The van der Waals surface area contributed by atoms with E-state index in [1.54, 1.807) is 0 Å². The van der Waals surface area contributed by atoms with Crippen molar-refractivity contribution in [3.8, 4) is 0 Å². The molecule has 1 aliphatic rings. The SMILES string of the molecule is CC(c1ccc(Br)cc1Cl)N1CCc2cccc(N)c2C1. The fourth-order valence-electron chi connectivity index (χ4n) is 3.00. The molecule has 21 heavy (non-hydrogen) atoms. The molecule has 0 bridgehead atoms. The van der Waals surface area contributed by atoms with Gasteiger partial charge in [0.05, 0.1) is 0 Å². The highest BCUT2D eigenvalue weighted by atomic mass is 79.9. The van der Waals surface area contributed by atoms with Crippen LogP contribution in [0.5, 0.6) is 0 Å². The molecule has 2 aromatic rings. The summed E-state index contributed by atoms with van der Waals surface area (Å²) >= 11 is 9.85. The predicted octanol–water partition coefficient (Wildman–Crippen LogP) is 4.80. The Morgan fingerprint density at radius 3 is 2.86 bits per heavy atom. The molecule has 0 saturated carbocycles. The Hall–Kier alpha value is -1.03. The van der Waals surface area contributed by atoms with Crippen LogP contribution in [0.4, 0.5) is 5.69 Å². The second kappa shape index (κ2) is 5.99. The lowest BCUT2D eigenvalue weighted by molar-refractivity contribution is 0.193. The van der Waals surface area contributed by atoms with Crippen molar-refractivity contribution >= 4 is 33.2 Å². The summed E-state index contributed by atoms with van der Waals surface area (Å²) in [6.07, 6.45) is 1.04. The van der Waals surface area contributed by atoms with Gasteiger partial charge in [-0.1, -0.05) is 45.7 Å². The molecule has 1 unspecified atom stereocenters. The van der Waals surface area contributed by atoms with Crippen LogP contribution in [-0.2, 0) is 13.0 Å². The molecule has 1 aliphatic heterocycles. The Balaban J connectivity index is 1.87. The Morgan fingerprint density at radius 2 is 2.10 bits per heavy atom. The molecule has 1 atom stereocenters. The lowest BCUT2D eigenvalue weighted by atomic mass is 9.95. The fraction of sp³-hybridized carbons (Fsp3) is 0.294. The molecule has 0 aromatic heterocycles. The van der Waals surface area contributed by atoms with Crippen LogP contribution in [0.15, 0.2) is 40.9 Å². The number of nitrogens with two attached hydrogens (primary N) is 1. The zero-order chi connectivity index (χ0) is 15.0. The van der Waals surface area contributed by atoms with E-state index in [9.17, 15) is 0 Å². The van der Waals surface area contributed by atoms with E-state index in [2.05, 4.69) is 39.9 Å². The average molecular weight is 366 g/mol. The van der Waals surface area contributed by atoms with Crippen molar-refractivity contribution in [3.63, 3.8) is 0 Å². The fourth-order valence-corrected chi connectivity index (χ4v) is 3.83. The van der Waals surface area contributed by atoms with Gasteiger partial charge in [0.15, 0.2) is 0 Å². The lowest BCUT2D eigenvalue weighted by Crippen LogP contribution is -2.33. The number of benzene rings is 2. The predicted molar refractivity (Wildman–Crippen MR) is 92.5 cm³/mol. The highest BCUT2D eigenvalue weighted by Crippen LogP contribution is 2.34. The maximum absolute atomic E-state index is 6.39. The monoisotopic (exact) mass is 364 g/mol. The van der Waals surface area contributed by atoms with Crippen LogP contribution in [0.1, 0.15) is 29.7 Å². The van der Waals surface area contributed by atoms with Gasteiger partial charge in [0.1, 0.15) is 0 Å². The van der Waals surface area contributed by atoms with Crippen molar-refractivity contribution in [1.29, 1.82) is 0 Å². The van der Waals surface area contributed by atoms with Crippen molar-refractivity contribution < 1.29 is 0 Å². The van der Waals surface area contributed by atoms with E-state index in [-0.39, 0.29) is 6.04 Å². The minimum atomic E-state index is 0.276. The second-order valence-electron chi connectivity index (χ2n) is 5.55. The van der Waals surface area contributed by atoms with Gasteiger partial charge in [-0.3, -0.25) is 4.90 Å². The molecule has 2 N–H and O–H groups in total. The smallest absolute Gasteiger partial charge is 0.0464 e. The van der Waals surface area contributed by atoms with Crippen LogP contribution in [-0.4, -0.2) is 11.4 Å². The third-order valence-electron chi connectivity index (χ3n) is 4.30. The summed E-state index contributed by atoms with van der Waals surface area (Å²) in [6.45, 7) is 4.12. The topological polar surface area (TPSA) is 29.3 Å². The van der Waals surface area contributed by atoms with Crippen LogP contribution in [0.25, 0.3) is 0 Å². The van der Waals surface area contributed by atoms with E-state index < -0.39 is 0 Å².